The van der Waals surface area contributed by atoms with Crippen molar-refractivity contribution in [3.05, 3.63) is 29.6 Å². The van der Waals surface area contributed by atoms with E-state index in [1.165, 1.54) is 24.8 Å². The van der Waals surface area contributed by atoms with Crippen LogP contribution in [0, 0.1) is 6.92 Å². The lowest BCUT2D eigenvalue weighted by Gasteiger charge is -2.47. The smallest absolute Gasteiger partial charge is 0.0372 e. The number of nitrogens with one attached hydrogen (secondary N) is 1. The summed E-state index contributed by atoms with van der Waals surface area (Å²) in [5, 5.41) is 3.56. The van der Waals surface area contributed by atoms with Crippen molar-refractivity contribution >= 4 is 0 Å². The maximum absolute atomic E-state index is 4.31. The van der Waals surface area contributed by atoms with Crippen molar-refractivity contribution in [1.29, 1.82) is 0 Å². The van der Waals surface area contributed by atoms with E-state index < -0.39 is 0 Å². The molecule has 0 unspecified atom stereocenters. The molecule has 1 fully saturated rings. The van der Waals surface area contributed by atoms with Gasteiger partial charge in [0, 0.05) is 30.5 Å². The van der Waals surface area contributed by atoms with Crippen LogP contribution < -0.4 is 5.32 Å². The van der Waals surface area contributed by atoms with E-state index in [4.69, 9.17) is 0 Å². The number of rotatable bonds is 5. The third-order valence-corrected chi connectivity index (χ3v) is 3.99. The Hall–Kier alpha value is -0.930. The first-order chi connectivity index (χ1) is 8.12. The zero-order valence-corrected chi connectivity index (χ0v) is 11.2. The number of likely N-dealkylation sites (N-methyl/N-ethyl adjacent to an activating group) is 1. The molecule has 0 saturated heterocycles. The van der Waals surface area contributed by atoms with Crippen LogP contribution in [0.2, 0.25) is 0 Å². The molecule has 0 aromatic carbocycles. The summed E-state index contributed by atoms with van der Waals surface area (Å²) in [7, 11) is 4.38. The number of hydrogen-bond acceptors (Lipinski definition) is 3. The van der Waals surface area contributed by atoms with Crippen molar-refractivity contribution in [2.75, 3.05) is 20.6 Å². The highest BCUT2D eigenvalue weighted by Crippen LogP contribution is 2.35. The highest BCUT2D eigenvalue weighted by Gasteiger charge is 2.38. The third-order valence-electron chi connectivity index (χ3n) is 3.99. The molecule has 1 heterocycles. The van der Waals surface area contributed by atoms with Crippen LogP contribution in [0.3, 0.4) is 0 Å². The Kier molecular flexibility index (Phi) is 3.79. The van der Waals surface area contributed by atoms with Gasteiger partial charge in [-0.05, 0) is 51.9 Å². The number of aromatic nitrogens is 1. The van der Waals surface area contributed by atoms with Crippen LogP contribution in [0.1, 0.15) is 30.5 Å². The first-order valence-corrected chi connectivity index (χ1v) is 6.42. The van der Waals surface area contributed by atoms with E-state index in [-0.39, 0.29) is 0 Å². The molecule has 0 radical (unpaired) electrons. The summed E-state index contributed by atoms with van der Waals surface area (Å²) in [6.45, 7) is 4.02. The fourth-order valence-electron chi connectivity index (χ4n) is 2.41. The second kappa shape index (κ2) is 5.15. The van der Waals surface area contributed by atoms with E-state index in [0.29, 0.717) is 5.54 Å². The number of hydrogen-bond donors (Lipinski definition) is 1. The average molecular weight is 233 g/mol. The minimum Gasteiger partial charge on any atom is -0.311 e. The van der Waals surface area contributed by atoms with Gasteiger partial charge in [-0.25, -0.2) is 0 Å². The topological polar surface area (TPSA) is 28.2 Å². The molecule has 0 bridgehead atoms. The summed E-state index contributed by atoms with van der Waals surface area (Å²) in [5.41, 5.74) is 2.75. The summed E-state index contributed by atoms with van der Waals surface area (Å²) in [5.74, 6) is 0. The van der Waals surface area contributed by atoms with E-state index in [2.05, 4.69) is 41.4 Å². The Morgan fingerprint density at radius 1 is 1.35 bits per heavy atom. The van der Waals surface area contributed by atoms with Crippen molar-refractivity contribution in [2.24, 2.45) is 0 Å². The summed E-state index contributed by atoms with van der Waals surface area (Å²) >= 11 is 0. The van der Waals surface area contributed by atoms with Crippen LogP contribution in [-0.4, -0.2) is 36.1 Å². The lowest BCUT2D eigenvalue weighted by atomic mass is 9.75. The summed E-state index contributed by atoms with van der Waals surface area (Å²) in [4.78, 5) is 6.68. The summed E-state index contributed by atoms with van der Waals surface area (Å²) in [6.07, 6.45) is 5.97. The molecule has 1 N–H and O–H groups in total. The zero-order valence-electron chi connectivity index (χ0n) is 11.2. The molecule has 3 heteroatoms. The molecular formula is C14H23N3. The molecule has 2 rings (SSSR count). The number of nitrogens with zero attached hydrogens (tertiary/aromatic N) is 2. The zero-order chi connectivity index (χ0) is 12.3. The average Bonchev–Trinajstić information content (AvgIpc) is 2.24. The van der Waals surface area contributed by atoms with Gasteiger partial charge in [0.1, 0.15) is 0 Å². The maximum atomic E-state index is 4.31. The Labute approximate surface area is 104 Å². The van der Waals surface area contributed by atoms with E-state index in [9.17, 15) is 0 Å². The highest BCUT2D eigenvalue weighted by molar-refractivity contribution is 5.13. The van der Waals surface area contributed by atoms with Crippen molar-refractivity contribution in [1.82, 2.24) is 15.2 Å². The van der Waals surface area contributed by atoms with Crippen LogP contribution in [0.25, 0.3) is 0 Å². The monoisotopic (exact) mass is 233 g/mol. The molecule has 1 saturated carbocycles. The molecule has 0 aliphatic heterocycles. The van der Waals surface area contributed by atoms with E-state index in [1.807, 2.05) is 13.1 Å². The summed E-state index contributed by atoms with van der Waals surface area (Å²) in [6, 6.07) is 4.22. The fraction of sp³-hybridized carbons (Fsp3) is 0.643. The minimum atomic E-state index is 0.401. The third kappa shape index (κ3) is 2.85. The number of pyridine rings is 1. The number of aryl methyl sites for hydroxylation is 1. The van der Waals surface area contributed by atoms with Crippen molar-refractivity contribution < 1.29 is 0 Å². The fourth-order valence-corrected chi connectivity index (χ4v) is 2.41. The van der Waals surface area contributed by atoms with Gasteiger partial charge in [-0.1, -0.05) is 6.07 Å². The van der Waals surface area contributed by atoms with Crippen LogP contribution >= 0.6 is 0 Å². The largest absolute Gasteiger partial charge is 0.311 e. The molecule has 0 spiro atoms. The Morgan fingerprint density at radius 2 is 2.12 bits per heavy atom. The standard InChI is InChI=1S/C14H23N3/c1-12-5-6-13(10-16-12)9-15-11-14(17(2)3)7-4-8-14/h5-6,10,15H,4,7-9,11H2,1-3H3. The van der Waals surface area contributed by atoms with Crippen LogP contribution in [0.4, 0.5) is 0 Å². The van der Waals surface area contributed by atoms with Gasteiger partial charge in [0.25, 0.3) is 0 Å². The predicted octanol–water partition coefficient (Wildman–Crippen LogP) is 1.96. The van der Waals surface area contributed by atoms with E-state index >= 15 is 0 Å². The van der Waals surface area contributed by atoms with E-state index in [0.717, 1.165) is 18.8 Å². The normalized spacial score (nSPS) is 18.1. The molecule has 0 atom stereocenters. The first-order valence-electron chi connectivity index (χ1n) is 6.42. The Balaban J connectivity index is 1.81. The summed E-state index contributed by atoms with van der Waals surface area (Å²) < 4.78 is 0. The van der Waals surface area contributed by atoms with Gasteiger partial charge in [-0.2, -0.15) is 0 Å². The van der Waals surface area contributed by atoms with Gasteiger partial charge in [-0.3, -0.25) is 4.98 Å². The Morgan fingerprint density at radius 3 is 2.59 bits per heavy atom. The van der Waals surface area contributed by atoms with Crippen LogP contribution in [-0.2, 0) is 6.54 Å². The van der Waals surface area contributed by atoms with Gasteiger partial charge >= 0.3 is 0 Å². The van der Waals surface area contributed by atoms with Gasteiger partial charge in [0.2, 0.25) is 0 Å². The second-order valence-corrected chi connectivity index (χ2v) is 5.38. The molecular weight excluding hydrogens is 210 g/mol. The van der Waals surface area contributed by atoms with Crippen molar-refractivity contribution in [3.8, 4) is 0 Å². The highest BCUT2D eigenvalue weighted by atomic mass is 15.2. The lowest BCUT2D eigenvalue weighted by Crippen LogP contribution is -2.56. The quantitative estimate of drug-likeness (QED) is 0.842. The lowest BCUT2D eigenvalue weighted by molar-refractivity contribution is 0.0598. The van der Waals surface area contributed by atoms with Crippen molar-refractivity contribution in [3.63, 3.8) is 0 Å². The van der Waals surface area contributed by atoms with Gasteiger partial charge < -0.3 is 10.2 Å². The van der Waals surface area contributed by atoms with Crippen LogP contribution in [0.15, 0.2) is 18.3 Å². The van der Waals surface area contributed by atoms with Gasteiger partial charge in [-0.15, -0.1) is 0 Å². The molecule has 1 aromatic heterocycles. The molecule has 1 aliphatic rings. The molecule has 94 valence electrons. The molecule has 1 aliphatic carbocycles. The molecule has 3 nitrogen and oxygen atoms in total. The van der Waals surface area contributed by atoms with E-state index in [1.54, 1.807) is 0 Å². The molecule has 17 heavy (non-hydrogen) atoms. The molecule has 0 amide bonds. The first kappa shape index (κ1) is 12.5. The molecule has 1 aromatic rings. The Bertz CT molecular complexity index is 352. The van der Waals surface area contributed by atoms with Gasteiger partial charge in [0.05, 0.1) is 0 Å². The second-order valence-electron chi connectivity index (χ2n) is 5.38. The van der Waals surface area contributed by atoms with Crippen molar-refractivity contribution in [2.45, 2.75) is 38.3 Å². The maximum Gasteiger partial charge on any atom is 0.0372 e. The minimum absolute atomic E-state index is 0.401. The SMILES string of the molecule is Cc1ccc(CNCC2(N(C)C)CCC2)cn1. The van der Waals surface area contributed by atoms with Gasteiger partial charge in [0.15, 0.2) is 0 Å². The predicted molar refractivity (Wildman–Crippen MR) is 70.9 cm³/mol. The van der Waals surface area contributed by atoms with Crippen LogP contribution in [0.5, 0.6) is 0 Å².